The van der Waals surface area contributed by atoms with Crippen LogP contribution in [0, 0.1) is 0 Å². The normalized spacial score (nSPS) is 17.8. The molecule has 0 aromatic rings. The van der Waals surface area contributed by atoms with Crippen molar-refractivity contribution in [3.05, 3.63) is 11.8 Å². The van der Waals surface area contributed by atoms with Crippen molar-refractivity contribution in [2.75, 3.05) is 6.79 Å². The first-order valence-corrected chi connectivity index (χ1v) is 2.52. The second-order valence-electron chi connectivity index (χ2n) is 1.56. The molecule has 10 heavy (non-hydrogen) atoms. The number of carbonyl (C=O) groups excluding carboxylic acids is 2. The summed E-state index contributed by atoms with van der Waals surface area (Å²) in [6.45, 7) is -0.324. The van der Waals surface area contributed by atoms with Crippen molar-refractivity contribution >= 4 is 11.9 Å². The van der Waals surface area contributed by atoms with Crippen molar-refractivity contribution in [1.82, 2.24) is 0 Å². The molecule has 0 amide bonds. The van der Waals surface area contributed by atoms with Crippen LogP contribution < -0.4 is 5.73 Å². The van der Waals surface area contributed by atoms with E-state index in [1.54, 1.807) is 0 Å². The third kappa shape index (κ3) is 0.928. The quantitative estimate of drug-likeness (QED) is 0.264. The lowest BCUT2D eigenvalue weighted by atomic mass is 10.3. The minimum absolute atomic E-state index is 0.258. The fourth-order valence-corrected chi connectivity index (χ4v) is 0.511. The monoisotopic (exact) mass is 143 g/mol. The van der Waals surface area contributed by atoms with Crippen LogP contribution in [-0.4, -0.2) is 18.7 Å². The molecule has 2 N–H and O–H groups in total. The number of hydrogen-bond acceptors (Lipinski definition) is 5. The first-order valence-electron chi connectivity index (χ1n) is 2.52. The summed E-state index contributed by atoms with van der Waals surface area (Å²) < 4.78 is 8.64. The van der Waals surface area contributed by atoms with E-state index in [2.05, 4.69) is 9.47 Å². The third-order valence-corrected chi connectivity index (χ3v) is 0.987. The summed E-state index contributed by atoms with van der Waals surface area (Å²) in [4.78, 5) is 21.1. The second-order valence-corrected chi connectivity index (χ2v) is 1.56. The van der Waals surface area contributed by atoms with Gasteiger partial charge in [0.05, 0.1) is 0 Å². The van der Waals surface area contributed by atoms with Crippen molar-refractivity contribution in [3.8, 4) is 0 Å². The van der Waals surface area contributed by atoms with E-state index in [1.807, 2.05) is 0 Å². The molecule has 1 aliphatic rings. The van der Waals surface area contributed by atoms with E-state index in [-0.39, 0.29) is 12.4 Å². The zero-order valence-electron chi connectivity index (χ0n) is 4.99. The summed E-state index contributed by atoms with van der Waals surface area (Å²) in [6.07, 6.45) is 0.865. The van der Waals surface area contributed by atoms with Crippen molar-refractivity contribution < 1.29 is 19.1 Å². The molecule has 0 aliphatic carbocycles. The first-order chi connectivity index (χ1) is 4.75. The maximum Gasteiger partial charge on any atom is 0.349 e. The summed E-state index contributed by atoms with van der Waals surface area (Å²) in [6, 6.07) is 0. The molecule has 1 saturated heterocycles. The lowest BCUT2D eigenvalue weighted by molar-refractivity contribution is -0.172. The molecule has 1 heterocycles. The zero-order chi connectivity index (χ0) is 7.56. The van der Waals surface area contributed by atoms with E-state index in [9.17, 15) is 9.59 Å². The number of ether oxygens (including phenoxy) is 2. The van der Waals surface area contributed by atoms with E-state index in [0.29, 0.717) is 0 Å². The van der Waals surface area contributed by atoms with Gasteiger partial charge in [0.25, 0.3) is 0 Å². The summed E-state index contributed by atoms with van der Waals surface area (Å²) >= 11 is 0. The summed E-state index contributed by atoms with van der Waals surface area (Å²) in [7, 11) is 0. The highest BCUT2D eigenvalue weighted by molar-refractivity contribution is 6.14. The highest BCUT2D eigenvalue weighted by Crippen LogP contribution is 2.05. The fourth-order valence-electron chi connectivity index (χ4n) is 0.511. The molecule has 0 unspecified atom stereocenters. The standard InChI is InChI=1S/C5H5NO4/c6-1-3-4(7)9-2-10-5(3)8/h1H,2,6H2. The van der Waals surface area contributed by atoms with Crippen LogP contribution in [-0.2, 0) is 19.1 Å². The van der Waals surface area contributed by atoms with E-state index in [4.69, 9.17) is 5.73 Å². The predicted molar refractivity (Wildman–Crippen MR) is 29.3 cm³/mol. The van der Waals surface area contributed by atoms with Crippen LogP contribution in [0.3, 0.4) is 0 Å². The average molecular weight is 143 g/mol. The molecule has 1 aliphatic heterocycles. The largest absolute Gasteiger partial charge is 0.424 e. The lowest BCUT2D eigenvalue weighted by Crippen LogP contribution is -2.27. The number of esters is 2. The van der Waals surface area contributed by atoms with Crippen LogP contribution in [0.2, 0.25) is 0 Å². The lowest BCUT2D eigenvalue weighted by Gasteiger charge is -2.12. The van der Waals surface area contributed by atoms with Gasteiger partial charge >= 0.3 is 11.9 Å². The Kier molecular flexibility index (Phi) is 1.57. The highest BCUT2D eigenvalue weighted by atomic mass is 16.7. The van der Waals surface area contributed by atoms with Crippen LogP contribution in [0.25, 0.3) is 0 Å². The molecule has 0 radical (unpaired) electrons. The topological polar surface area (TPSA) is 78.6 Å². The summed E-state index contributed by atoms with van der Waals surface area (Å²) in [5.74, 6) is -1.47. The van der Waals surface area contributed by atoms with Crippen molar-refractivity contribution in [1.29, 1.82) is 0 Å². The van der Waals surface area contributed by atoms with Gasteiger partial charge < -0.3 is 15.2 Å². The Hall–Kier alpha value is -1.52. The van der Waals surface area contributed by atoms with Gasteiger partial charge in [-0.15, -0.1) is 0 Å². The zero-order valence-corrected chi connectivity index (χ0v) is 4.99. The maximum atomic E-state index is 10.6. The number of nitrogens with two attached hydrogens (primary N) is 1. The highest BCUT2D eigenvalue weighted by Gasteiger charge is 2.25. The summed E-state index contributed by atoms with van der Waals surface area (Å²) in [5, 5.41) is 0. The molecular weight excluding hydrogens is 138 g/mol. The van der Waals surface area contributed by atoms with E-state index in [0.717, 1.165) is 6.20 Å². The number of carbonyl (C=O) groups is 2. The van der Waals surface area contributed by atoms with Crippen molar-refractivity contribution in [2.24, 2.45) is 5.73 Å². The van der Waals surface area contributed by atoms with Gasteiger partial charge in [0.15, 0.2) is 5.57 Å². The van der Waals surface area contributed by atoms with Gasteiger partial charge in [-0.3, -0.25) is 0 Å². The minimum Gasteiger partial charge on any atom is -0.424 e. The van der Waals surface area contributed by atoms with E-state index in [1.165, 1.54) is 0 Å². The first kappa shape index (κ1) is 6.60. The van der Waals surface area contributed by atoms with Crippen LogP contribution in [0.1, 0.15) is 0 Å². The second kappa shape index (κ2) is 2.38. The van der Waals surface area contributed by atoms with Crippen LogP contribution in [0.15, 0.2) is 11.8 Å². The molecule has 5 nitrogen and oxygen atoms in total. The number of rotatable bonds is 0. The smallest absolute Gasteiger partial charge is 0.349 e. The van der Waals surface area contributed by atoms with Gasteiger partial charge in [0.1, 0.15) is 0 Å². The Labute approximate surface area is 56.4 Å². The third-order valence-electron chi connectivity index (χ3n) is 0.987. The van der Waals surface area contributed by atoms with Gasteiger partial charge in [-0.2, -0.15) is 0 Å². The predicted octanol–water partition coefficient (Wildman–Crippen LogP) is -1.11. The number of hydrogen-bond donors (Lipinski definition) is 1. The van der Waals surface area contributed by atoms with Gasteiger partial charge in [0.2, 0.25) is 6.79 Å². The van der Waals surface area contributed by atoms with E-state index >= 15 is 0 Å². The Bertz CT molecular complexity index is 190. The van der Waals surface area contributed by atoms with Crippen molar-refractivity contribution in [3.63, 3.8) is 0 Å². The average Bonchev–Trinajstić information content (AvgIpc) is 1.88. The molecule has 0 aromatic heterocycles. The Balaban J connectivity index is 2.83. The van der Waals surface area contributed by atoms with Crippen LogP contribution in [0.4, 0.5) is 0 Å². The SMILES string of the molecule is NC=C1C(=O)OCOC1=O. The van der Waals surface area contributed by atoms with Gasteiger partial charge in [0, 0.05) is 6.20 Å². The van der Waals surface area contributed by atoms with Crippen molar-refractivity contribution in [2.45, 2.75) is 0 Å². The fraction of sp³-hybridized carbons (Fsp3) is 0.200. The van der Waals surface area contributed by atoms with Gasteiger partial charge in [-0.25, -0.2) is 9.59 Å². The van der Waals surface area contributed by atoms with Gasteiger partial charge in [-0.05, 0) is 0 Å². The molecule has 0 aromatic carbocycles. The van der Waals surface area contributed by atoms with Crippen LogP contribution >= 0.6 is 0 Å². The molecule has 0 bridgehead atoms. The molecule has 0 saturated carbocycles. The molecule has 1 rings (SSSR count). The van der Waals surface area contributed by atoms with E-state index < -0.39 is 11.9 Å². The molecule has 54 valence electrons. The molecule has 5 heteroatoms. The minimum atomic E-state index is -0.737. The van der Waals surface area contributed by atoms with Gasteiger partial charge in [-0.1, -0.05) is 0 Å². The Morgan fingerprint density at radius 3 is 2.10 bits per heavy atom. The molecule has 0 spiro atoms. The summed E-state index contributed by atoms with van der Waals surface area (Å²) in [5.41, 5.74) is 4.66. The molecule has 0 atom stereocenters. The Morgan fingerprint density at radius 2 is 1.80 bits per heavy atom. The molecule has 1 fully saturated rings. The Morgan fingerprint density at radius 1 is 1.30 bits per heavy atom. The molecular formula is C5H5NO4. The van der Waals surface area contributed by atoms with Crippen LogP contribution in [0.5, 0.6) is 0 Å². The maximum absolute atomic E-state index is 10.6. The number of cyclic esters (lactones) is 2.